The van der Waals surface area contributed by atoms with Crippen molar-refractivity contribution >= 4 is 44.8 Å². The van der Waals surface area contributed by atoms with Gasteiger partial charge in [-0.1, -0.05) is 29.3 Å². The number of hydrogen-bond donors (Lipinski definition) is 1. The van der Waals surface area contributed by atoms with E-state index in [1.165, 1.54) is 10.4 Å². The highest BCUT2D eigenvalue weighted by atomic mass is 35.5. The van der Waals surface area contributed by atoms with E-state index in [9.17, 15) is 13.2 Å². The lowest BCUT2D eigenvalue weighted by atomic mass is 10.1. The first-order valence-corrected chi connectivity index (χ1v) is 12.1. The van der Waals surface area contributed by atoms with Gasteiger partial charge in [-0.2, -0.15) is 0 Å². The van der Waals surface area contributed by atoms with Crippen LogP contribution in [-0.2, 0) is 14.8 Å². The Kier molecular flexibility index (Phi) is 8.82. The average Bonchev–Trinajstić information content (AvgIpc) is 2.63. The van der Waals surface area contributed by atoms with Crippen molar-refractivity contribution in [3.8, 4) is 5.75 Å². The number of anilines is 1. The van der Waals surface area contributed by atoms with Crippen molar-refractivity contribution in [3.05, 3.63) is 57.6 Å². The van der Waals surface area contributed by atoms with Crippen LogP contribution in [0.2, 0.25) is 10.0 Å². The fourth-order valence-corrected chi connectivity index (χ4v) is 4.22. The van der Waals surface area contributed by atoms with Crippen LogP contribution in [0.25, 0.3) is 0 Å². The number of nitrogens with zero attached hydrogens (tertiary/aromatic N) is 1. The summed E-state index contributed by atoms with van der Waals surface area (Å²) in [7, 11) is -3.52. The lowest BCUT2D eigenvalue weighted by Crippen LogP contribution is -2.32. The third kappa shape index (κ3) is 7.70. The summed E-state index contributed by atoms with van der Waals surface area (Å²) in [6, 6.07) is 10.6. The van der Waals surface area contributed by atoms with Crippen LogP contribution < -0.4 is 14.4 Å². The highest BCUT2D eigenvalue weighted by molar-refractivity contribution is 7.92. The Hall–Kier alpha value is -1.96. The third-order valence-electron chi connectivity index (χ3n) is 4.24. The molecule has 0 aliphatic heterocycles. The van der Waals surface area contributed by atoms with Gasteiger partial charge in [0, 0.05) is 13.0 Å². The molecule has 2 aromatic rings. The Labute approximate surface area is 188 Å². The van der Waals surface area contributed by atoms with Gasteiger partial charge in [-0.3, -0.25) is 9.10 Å². The SMILES string of the molecule is Cc1cc(C)cc(OCCNC(=O)CCCN(c2ccc(Cl)c(Cl)c2)S(C)(=O)=O)c1. The van der Waals surface area contributed by atoms with Crippen molar-refractivity contribution in [2.75, 3.05) is 30.3 Å². The van der Waals surface area contributed by atoms with Crippen molar-refractivity contribution in [1.82, 2.24) is 5.32 Å². The van der Waals surface area contributed by atoms with Crippen molar-refractivity contribution in [1.29, 1.82) is 0 Å². The Balaban J connectivity index is 1.79. The topological polar surface area (TPSA) is 75.7 Å². The first-order valence-electron chi connectivity index (χ1n) is 9.47. The van der Waals surface area contributed by atoms with Gasteiger partial charge in [-0.15, -0.1) is 0 Å². The van der Waals surface area contributed by atoms with Crippen LogP contribution in [0.5, 0.6) is 5.75 Å². The van der Waals surface area contributed by atoms with E-state index in [-0.39, 0.29) is 23.9 Å². The summed E-state index contributed by atoms with van der Waals surface area (Å²) in [6.07, 6.45) is 1.66. The number of hydrogen-bond acceptors (Lipinski definition) is 4. The number of carbonyl (C=O) groups excluding carboxylic acids is 1. The molecule has 0 saturated heterocycles. The van der Waals surface area contributed by atoms with Crippen LogP contribution in [0.4, 0.5) is 5.69 Å². The molecule has 1 N–H and O–H groups in total. The third-order valence-corrected chi connectivity index (χ3v) is 6.18. The summed E-state index contributed by atoms with van der Waals surface area (Å²) in [5.74, 6) is 0.605. The summed E-state index contributed by atoms with van der Waals surface area (Å²) >= 11 is 11.9. The number of aryl methyl sites for hydroxylation is 2. The number of ether oxygens (including phenoxy) is 1. The zero-order chi connectivity index (χ0) is 22.3. The Bertz CT molecular complexity index is 976. The molecule has 0 atom stereocenters. The maximum atomic E-state index is 12.1. The number of rotatable bonds is 10. The van der Waals surface area contributed by atoms with Gasteiger partial charge in [0.2, 0.25) is 15.9 Å². The van der Waals surface area contributed by atoms with Crippen LogP contribution in [0.1, 0.15) is 24.0 Å². The number of amides is 1. The van der Waals surface area contributed by atoms with Gasteiger partial charge in [0.25, 0.3) is 0 Å². The summed E-state index contributed by atoms with van der Waals surface area (Å²) in [5.41, 5.74) is 2.65. The van der Waals surface area contributed by atoms with Gasteiger partial charge in [0.15, 0.2) is 0 Å². The van der Waals surface area contributed by atoms with Crippen LogP contribution in [-0.4, -0.2) is 40.3 Å². The number of benzene rings is 2. The molecule has 2 aromatic carbocycles. The highest BCUT2D eigenvalue weighted by Gasteiger charge is 2.18. The van der Waals surface area contributed by atoms with Gasteiger partial charge in [0.05, 0.1) is 28.5 Å². The fraction of sp³-hybridized carbons (Fsp3) is 0.381. The monoisotopic (exact) mass is 472 g/mol. The van der Waals surface area contributed by atoms with Gasteiger partial charge >= 0.3 is 0 Å². The Morgan fingerprint density at radius 1 is 1.07 bits per heavy atom. The van der Waals surface area contributed by atoms with Gasteiger partial charge in [-0.05, 0) is 61.7 Å². The second-order valence-electron chi connectivity index (χ2n) is 7.06. The molecule has 0 heterocycles. The largest absolute Gasteiger partial charge is 0.492 e. The smallest absolute Gasteiger partial charge is 0.232 e. The molecule has 164 valence electrons. The molecule has 0 radical (unpaired) electrons. The van der Waals surface area contributed by atoms with Gasteiger partial charge < -0.3 is 10.1 Å². The minimum atomic E-state index is -3.52. The minimum absolute atomic E-state index is 0.156. The second-order valence-corrected chi connectivity index (χ2v) is 9.78. The molecule has 9 heteroatoms. The van der Waals surface area contributed by atoms with E-state index in [2.05, 4.69) is 11.4 Å². The Morgan fingerprint density at radius 2 is 1.73 bits per heavy atom. The number of halogens is 2. The summed E-state index contributed by atoms with van der Waals surface area (Å²) in [5, 5.41) is 3.39. The minimum Gasteiger partial charge on any atom is -0.492 e. The zero-order valence-electron chi connectivity index (χ0n) is 17.2. The number of carbonyl (C=O) groups is 1. The summed E-state index contributed by atoms with van der Waals surface area (Å²) in [4.78, 5) is 12.1. The second kappa shape index (κ2) is 10.9. The van der Waals surface area contributed by atoms with Crippen molar-refractivity contribution < 1.29 is 17.9 Å². The van der Waals surface area contributed by atoms with Crippen LogP contribution in [0, 0.1) is 13.8 Å². The Morgan fingerprint density at radius 3 is 2.33 bits per heavy atom. The molecule has 0 unspecified atom stereocenters. The van der Waals surface area contributed by atoms with Crippen LogP contribution in [0.3, 0.4) is 0 Å². The maximum absolute atomic E-state index is 12.1. The van der Waals surface area contributed by atoms with Crippen molar-refractivity contribution in [2.24, 2.45) is 0 Å². The molecule has 0 spiro atoms. The first kappa shape index (κ1) is 24.3. The van der Waals surface area contributed by atoms with Gasteiger partial charge in [-0.25, -0.2) is 8.42 Å². The molecular formula is C21H26Cl2N2O4S. The molecule has 0 aliphatic carbocycles. The number of sulfonamides is 1. The molecule has 1 amide bonds. The van der Waals surface area contributed by atoms with E-state index in [0.29, 0.717) is 30.3 Å². The van der Waals surface area contributed by atoms with Gasteiger partial charge in [0.1, 0.15) is 12.4 Å². The standard InChI is InChI=1S/C21H26Cl2N2O4S/c1-15-11-16(2)13-18(12-15)29-10-8-24-21(26)5-4-9-25(30(3,27)28)17-6-7-19(22)20(23)14-17/h6-7,11-14H,4-5,8-10H2,1-3H3,(H,24,26). The molecule has 0 fully saturated rings. The normalized spacial score (nSPS) is 11.2. The molecule has 0 aromatic heterocycles. The zero-order valence-corrected chi connectivity index (χ0v) is 19.6. The van der Waals surface area contributed by atoms with E-state index >= 15 is 0 Å². The fourth-order valence-electron chi connectivity index (χ4n) is 2.97. The van der Waals surface area contributed by atoms with Crippen molar-refractivity contribution in [3.63, 3.8) is 0 Å². The molecule has 2 rings (SSSR count). The predicted octanol–water partition coefficient (Wildman–Crippen LogP) is 4.35. The van der Waals surface area contributed by atoms with E-state index in [4.69, 9.17) is 27.9 Å². The maximum Gasteiger partial charge on any atom is 0.232 e. The average molecular weight is 473 g/mol. The molecule has 0 saturated carbocycles. The molecular weight excluding hydrogens is 447 g/mol. The highest BCUT2D eigenvalue weighted by Crippen LogP contribution is 2.28. The lowest BCUT2D eigenvalue weighted by molar-refractivity contribution is -0.121. The van der Waals surface area contributed by atoms with Crippen LogP contribution >= 0.6 is 23.2 Å². The lowest BCUT2D eigenvalue weighted by Gasteiger charge is -2.22. The van der Waals surface area contributed by atoms with E-state index in [1.54, 1.807) is 12.1 Å². The van der Waals surface area contributed by atoms with E-state index in [1.807, 2.05) is 26.0 Å². The van der Waals surface area contributed by atoms with Crippen molar-refractivity contribution in [2.45, 2.75) is 26.7 Å². The quantitative estimate of drug-likeness (QED) is 0.521. The summed E-state index contributed by atoms with van der Waals surface area (Å²) in [6.45, 7) is 4.88. The van der Waals surface area contributed by atoms with E-state index < -0.39 is 10.0 Å². The summed E-state index contributed by atoms with van der Waals surface area (Å²) < 4.78 is 31.1. The van der Waals surface area contributed by atoms with Crippen LogP contribution in [0.15, 0.2) is 36.4 Å². The predicted molar refractivity (Wildman–Crippen MR) is 122 cm³/mol. The molecule has 30 heavy (non-hydrogen) atoms. The molecule has 0 bridgehead atoms. The first-order chi connectivity index (χ1) is 14.1. The molecule has 0 aliphatic rings. The molecule has 6 nitrogen and oxygen atoms in total. The van der Waals surface area contributed by atoms with E-state index in [0.717, 1.165) is 23.1 Å². The number of nitrogens with one attached hydrogen (secondary N) is 1.